The van der Waals surface area contributed by atoms with Crippen molar-refractivity contribution in [1.82, 2.24) is 4.90 Å². The molecule has 1 unspecified atom stereocenters. The van der Waals surface area contributed by atoms with Crippen molar-refractivity contribution in [2.75, 3.05) is 20.3 Å². The third-order valence-electron chi connectivity index (χ3n) is 4.56. The molecule has 2 aromatic rings. The normalized spacial score (nSPS) is 15.5. The number of amides is 2. The summed E-state index contributed by atoms with van der Waals surface area (Å²) in [5, 5.41) is 9.74. The maximum Gasteiger partial charge on any atom is 0.331 e. The van der Waals surface area contributed by atoms with Crippen LogP contribution in [0.2, 0.25) is 0 Å². The molecule has 2 aromatic carbocycles. The predicted molar refractivity (Wildman–Crippen MR) is 99.2 cm³/mol. The molecule has 1 aliphatic heterocycles. The van der Waals surface area contributed by atoms with E-state index in [1.807, 2.05) is 12.1 Å². The number of primary amides is 1. The molecule has 0 bridgehead atoms. The van der Waals surface area contributed by atoms with Gasteiger partial charge in [-0.3, -0.25) is 9.59 Å². The van der Waals surface area contributed by atoms with Crippen molar-refractivity contribution < 1.29 is 29.0 Å². The van der Waals surface area contributed by atoms with Gasteiger partial charge in [0.05, 0.1) is 7.11 Å². The number of carbonyl (C=O) groups is 3. The minimum Gasteiger partial charge on any atom is -0.493 e. The number of aliphatic carboxylic acids is 1. The molecule has 2 amide bonds. The second kappa shape index (κ2) is 7.99. The molecule has 8 heteroatoms. The Morgan fingerprint density at radius 3 is 2.61 bits per heavy atom. The number of ether oxygens (including phenoxy) is 2. The number of hydrogen-bond donors (Lipinski definition) is 2. The molecule has 0 saturated carbocycles. The van der Waals surface area contributed by atoms with Gasteiger partial charge in [0, 0.05) is 12.1 Å². The Morgan fingerprint density at radius 2 is 1.93 bits per heavy atom. The average Bonchev–Trinajstić information content (AvgIpc) is 2.70. The largest absolute Gasteiger partial charge is 0.493 e. The van der Waals surface area contributed by atoms with Crippen molar-refractivity contribution >= 4 is 17.8 Å². The zero-order valence-corrected chi connectivity index (χ0v) is 15.3. The second-order valence-electron chi connectivity index (χ2n) is 6.31. The highest BCUT2D eigenvalue weighted by atomic mass is 16.5. The zero-order valence-electron chi connectivity index (χ0n) is 15.3. The van der Waals surface area contributed by atoms with E-state index in [0.717, 1.165) is 5.56 Å². The Balaban J connectivity index is 1.91. The van der Waals surface area contributed by atoms with E-state index >= 15 is 0 Å². The molecular weight excluding hydrogens is 364 g/mol. The van der Waals surface area contributed by atoms with E-state index in [1.54, 1.807) is 12.1 Å². The van der Waals surface area contributed by atoms with Crippen LogP contribution in [0, 0.1) is 0 Å². The molecule has 0 saturated heterocycles. The summed E-state index contributed by atoms with van der Waals surface area (Å²) in [7, 11) is 1.40. The lowest BCUT2D eigenvalue weighted by Crippen LogP contribution is -2.43. The molecule has 3 rings (SSSR count). The Bertz CT molecular complexity index is 927. The summed E-state index contributed by atoms with van der Waals surface area (Å²) in [5.74, 6) is -1.65. The summed E-state index contributed by atoms with van der Waals surface area (Å²) in [6, 6.07) is 10.6. The third kappa shape index (κ3) is 3.75. The van der Waals surface area contributed by atoms with E-state index < -0.39 is 23.8 Å². The van der Waals surface area contributed by atoms with E-state index in [2.05, 4.69) is 0 Å². The maximum absolute atomic E-state index is 13.1. The van der Waals surface area contributed by atoms with Crippen LogP contribution in [-0.2, 0) is 16.0 Å². The Kier molecular flexibility index (Phi) is 5.49. The second-order valence-corrected chi connectivity index (χ2v) is 6.31. The number of carboxylic acids is 1. The van der Waals surface area contributed by atoms with Gasteiger partial charge in [-0.05, 0) is 35.7 Å². The lowest BCUT2D eigenvalue weighted by Gasteiger charge is -2.34. The number of fused-ring (bicyclic) bond motifs is 1. The molecule has 0 aliphatic carbocycles. The Morgan fingerprint density at radius 1 is 1.18 bits per heavy atom. The minimum atomic E-state index is -1.09. The number of rotatable bonds is 6. The van der Waals surface area contributed by atoms with Crippen molar-refractivity contribution in [3.63, 3.8) is 0 Å². The van der Waals surface area contributed by atoms with Crippen LogP contribution >= 0.6 is 0 Å². The fourth-order valence-electron chi connectivity index (χ4n) is 3.29. The summed E-state index contributed by atoms with van der Waals surface area (Å²) in [5.41, 5.74) is 6.86. The smallest absolute Gasteiger partial charge is 0.331 e. The van der Waals surface area contributed by atoms with Gasteiger partial charge in [0.1, 0.15) is 0 Å². The number of carbonyl (C=O) groups excluding carboxylic acids is 2. The molecule has 0 aromatic heterocycles. The summed E-state index contributed by atoms with van der Waals surface area (Å²) in [4.78, 5) is 37.2. The zero-order chi connectivity index (χ0) is 20.3. The number of methoxy groups -OCH3 is 1. The van der Waals surface area contributed by atoms with Crippen LogP contribution in [0.15, 0.2) is 42.5 Å². The Hall–Kier alpha value is -3.55. The molecule has 1 heterocycles. The SMILES string of the molecule is COc1cc(C(=O)N2CCc3ccccc3C2C(=O)O)ccc1OCC(N)=O. The molecule has 146 valence electrons. The highest BCUT2D eigenvalue weighted by Gasteiger charge is 2.36. The van der Waals surface area contributed by atoms with Crippen LogP contribution in [0.25, 0.3) is 0 Å². The summed E-state index contributed by atoms with van der Waals surface area (Å²) in [6.07, 6.45) is 0.572. The van der Waals surface area contributed by atoms with Gasteiger partial charge in [-0.1, -0.05) is 24.3 Å². The summed E-state index contributed by atoms with van der Waals surface area (Å²) >= 11 is 0. The molecule has 0 radical (unpaired) electrons. The number of benzene rings is 2. The van der Waals surface area contributed by atoms with Crippen molar-refractivity contribution in [2.45, 2.75) is 12.5 Å². The number of nitrogens with two attached hydrogens (primary N) is 1. The first-order chi connectivity index (χ1) is 13.4. The van der Waals surface area contributed by atoms with Gasteiger partial charge >= 0.3 is 5.97 Å². The first-order valence-corrected chi connectivity index (χ1v) is 8.63. The van der Waals surface area contributed by atoms with E-state index in [9.17, 15) is 19.5 Å². The van der Waals surface area contributed by atoms with Crippen LogP contribution in [0.3, 0.4) is 0 Å². The fraction of sp³-hybridized carbons (Fsp3) is 0.250. The van der Waals surface area contributed by atoms with Gasteiger partial charge in [-0.2, -0.15) is 0 Å². The van der Waals surface area contributed by atoms with E-state index in [-0.39, 0.29) is 30.2 Å². The quantitative estimate of drug-likeness (QED) is 0.777. The number of carboxylic acid groups (broad SMARTS) is 1. The standard InChI is InChI=1S/C20H20N2O6/c1-27-16-10-13(6-7-15(16)28-11-17(21)23)19(24)22-9-8-12-4-2-3-5-14(12)18(22)20(25)26/h2-7,10,18H,8-9,11H2,1H3,(H2,21,23)(H,25,26). The summed E-state index contributed by atoms with van der Waals surface area (Å²) < 4.78 is 10.5. The van der Waals surface area contributed by atoms with Gasteiger partial charge in [0.25, 0.3) is 11.8 Å². The van der Waals surface area contributed by atoms with Gasteiger partial charge in [0.15, 0.2) is 24.1 Å². The van der Waals surface area contributed by atoms with Crippen LogP contribution in [0.4, 0.5) is 0 Å². The molecule has 0 fully saturated rings. The van der Waals surface area contributed by atoms with Crippen molar-refractivity contribution in [2.24, 2.45) is 5.73 Å². The van der Waals surface area contributed by atoms with Crippen molar-refractivity contribution in [3.8, 4) is 11.5 Å². The average molecular weight is 384 g/mol. The van der Waals surface area contributed by atoms with Gasteiger partial charge in [-0.25, -0.2) is 4.79 Å². The molecular formula is C20H20N2O6. The monoisotopic (exact) mass is 384 g/mol. The summed E-state index contributed by atoms with van der Waals surface area (Å²) in [6.45, 7) is -0.0390. The molecule has 1 atom stereocenters. The molecule has 28 heavy (non-hydrogen) atoms. The fourth-order valence-corrected chi connectivity index (χ4v) is 3.29. The van der Waals surface area contributed by atoms with Crippen LogP contribution in [-0.4, -0.2) is 48.1 Å². The van der Waals surface area contributed by atoms with E-state index in [1.165, 1.54) is 30.2 Å². The highest BCUT2D eigenvalue weighted by Crippen LogP contribution is 2.33. The number of nitrogens with zero attached hydrogens (tertiary/aromatic N) is 1. The maximum atomic E-state index is 13.1. The molecule has 3 N–H and O–H groups in total. The lowest BCUT2D eigenvalue weighted by atomic mass is 9.92. The van der Waals surface area contributed by atoms with Gasteiger partial charge in [-0.15, -0.1) is 0 Å². The highest BCUT2D eigenvalue weighted by molar-refractivity contribution is 5.97. The number of hydrogen-bond acceptors (Lipinski definition) is 5. The van der Waals surface area contributed by atoms with Gasteiger partial charge in [0.2, 0.25) is 0 Å². The minimum absolute atomic E-state index is 0.247. The molecule has 1 aliphatic rings. The van der Waals surface area contributed by atoms with E-state index in [4.69, 9.17) is 15.2 Å². The van der Waals surface area contributed by atoms with Crippen LogP contribution in [0.1, 0.15) is 27.5 Å². The van der Waals surface area contributed by atoms with Crippen LogP contribution < -0.4 is 15.2 Å². The predicted octanol–water partition coefficient (Wildman–Crippen LogP) is 1.38. The molecule has 8 nitrogen and oxygen atoms in total. The lowest BCUT2D eigenvalue weighted by molar-refractivity contribution is -0.143. The van der Waals surface area contributed by atoms with E-state index in [0.29, 0.717) is 12.0 Å². The van der Waals surface area contributed by atoms with Crippen molar-refractivity contribution in [1.29, 1.82) is 0 Å². The van der Waals surface area contributed by atoms with Crippen LogP contribution in [0.5, 0.6) is 11.5 Å². The molecule has 0 spiro atoms. The first-order valence-electron chi connectivity index (χ1n) is 8.63. The first kappa shape index (κ1) is 19.2. The Labute approximate surface area is 161 Å². The van der Waals surface area contributed by atoms with Crippen molar-refractivity contribution in [3.05, 3.63) is 59.2 Å². The van der Waals surface area contributed by atoms with Gasteiger partial charge < -0.3 is 25.2 Å². The third-order valence-corrected chi connectivity index (χ3v) is 4.56. The topological polar surface area (TPSA) is 119 Å².